The van der Waals surface area contributed by atoms with Crippen LogP contribution in [0.1, 0.15) is 31.0 Å². The number of rotatable bonds is 4. The van der Waals surface area contributed by atoms with Gasteiger partial charge in [-0.1, -0.05) is 28.9 Å². The summed E-state index contributed by atoms with van der Waals surface area (Å²) in [6.45, 7) is 0.895. The lowest BCUT2D eigenvalue weighted by molar-refractivity contribution is 0.392. The van der Waals surface area contributed by atoms with Gasteiger partial charge in [0, 0.05) is 48.2 Å². The Kier molecular flexibility index (Phi) is 4.96. The number of halogens is 1. The maximum absolute atomic E-state index is 6.13. The van der Waals surface area contributed by atoms with E-state index in [9.17, 15) is 0 Å². The Bertz CT molecular complexity index is 1160. The summed E-state index contributed by atoms with van der Waals surface area (Å²) in [6.07, 6.45) is 6.75. The van der Waals surface area contributed by atoms with Crippen LogP contribution in [0.15, 0.2) is 59.4 Å². The number of hydrogen-bond acceptors (Lipinski definition) is 6. The van der Waals surface area contributed by atoms with Gasteiger partial charge in [-0.15, -0.1) is 10.2 Å². The molecular weight excluding hydrogens is 400 g/mol. The number of nitrogens with zero attached hydrogens (tertiary/aromatic N) is 6. The molecule has 8 heteroatoms. The predicted molar refractivity (Wildman–Crippen MR) is 115 cm³/mol. The van der Waals surface area contributed by atoms with Crippen molar-refractivity contribution in [2.75, 3.05) is 11.4 Å². The summed E-state index contributed by atoms with van der Waals surface area (Å²) < 4.78 is 7.70. The van der Waals surface area contributed by atoms with Gasteiger partial charge < -0.3 is 9.42 Å². The summed E-state index contributed by atoms with van der Waals surface area (Å²) in [5, 5.41) is 14.0. The van der Waals surface area contributed by atoms with E-state index in [2.05, 4.69) is 25.2 Å². The number of pyridine rings is 1. The molecule has 1 atom stereocenters. The van der Waals surface area contributed by atoms with Gasteiger partial charge in [0.2, 0.25) is 5.95 Å². The molecule has 3 aromatic heterocycles. The molecule has 1 fully saturated rings. The van der Waals surface area contributed by atoms with Crippen molar-refractivity contribution in [1.82, 2.24) is 24.9 Å². The van der Waals surface area contributed by atoms with Gasteiger partial charge in [-0.3, -0.25) is 9.55 Å². The fourth-order valence-corrected chi connectivity index (χ4v) is 4.22. The summed E-state index contributed by atoms with van der Waals surface area (Å²) in [4.78, 5) is 6.37. The van der Waals surface area contributed by atoms with Crippen molar-refractivity contribution >= 4 is 17.5 Å². The molecule has 152 valence electrons. The molecule has 0 spiro atoms. The number of anilines is 1. The van der Waals surface area contributed by atoms with E-state index in [0.29, 0.717) is 10.8 Å². The lowest BCUT2D eigenvalue weighted by atomic mass is 9.99. The van der Waals surface area contributed by atoms with E-state index in [1.165, 1.54) is 0 Å². The summed E-state index contributed by atoms with van der Waals surface area (Å²) >= 11 is 6.13. The first-order valence-corrected chi connectivity index (χ1v) is 10.4. The highest BCUT2D eigenvalue weighted by Crippen LogP contribution is 2.36. The fraction of sp³-hybridized carbons (Fsp3) is 0.273. The molecule has 0 amide bonds. The van der Waals surface area contributed by atoms with Gasteiger partial charge >= 0.3 is 0 Å². The standard InChI is InChI=1S/C22H21ClN6O/c1-28-21(15-8-10-24-11-9-15)25-26-22(28)29-12-3-2-7-19(29)18-14-20(30-27-18)16-5-4-6-17(23)13-16/h4-6,8-11,13-14,19H,2-3,7,12H2,1H3. The van der Waals surface area contributed by atoms with Crippen molar-refractivity contribution in [3.63, 3.8) is 0 Å². The quantitative estimate of drug-likeness (QED) is 0.466. The van der Waals surface area contributed by atoms with E-state index in [-0.39, 0.29) is 6.04 Å². The second-order valence-electron chi connectivity index (χ2n) is 7.45. The summed E-state index contributed by atoms with van der Waals surface area (Å²) in [5.74, 6) is 2.36. The van der Waals surface area contributed by atoms with Crippen LogP contribution in [0.5, 0.6) is 0 Å². The average Bonchev–Trinajstić information content (AvgIpc) is 3.42. The third-order valence-electron chi connectivity index (χ3n) is 5.53. The third kappa shape index (κ3) is 3.45. The Morgan fingerprint density at radius 2 is 1.90 bits per heavy atom. The first-order chi connectivity index (χ1) is 14.7. The summed E-state index contributed by atoms with van der Waals surface area (Å²) in [5.41, 5.74) is 2.81. The molecule has 1 aliphatic rings. The van der Waals surface area contributed by atoms with Crippen molar-refractivity contribution in [3.8, 4) is 22.7 Å². The molecule has 4 aromatic rings. The third-order valence-corrected chi connectivity index (χ3v) is 5.76. The molecular formula is C22H21ClN6O. The lowest BCUT2D eigenvalue weighted by Gasteiger charge is -2.34. The predicted octanol–water partition coefficient (Wildman–Crippen LogP) is 4.92. The average molecular weight is 421 g/mol. The Morgan fingerprint density at radius 1 is 1.03 bits per heavy atom. The van der Waals surface area contributed by atoms with Crippen molar-refractivity contribution in [3.05, 3.63) is 65.6 Å². The van der Waals surface area contributed by atoms with E-state index in [0.717, 1.165) is 54.4 Å². The highest BCUT2D eigenvalue weighted by Gasteiger charge is 2.30. The Morgan fingerprint density at radius 3 is 2.73 bits per heavy atom. The highest BCUT2D eigenvalue weighted by atomic mass is 35.5. The largest absolute Gasteiger partial charge is 0.356 e. The molecule has 0 saturated carbocycles. The normalized spacial score (nSPS) is 16.7. The summed E-state index contributed by atoms with van der Waals surface area (Å²) in [6, 6.07) is 13.6. The van der Waals surface area contributed by atoms with E-state index < -0.39 is 0 Å². The van der Waals surface area contributed by atoms with Gasteiger partial charge in [-0.2, -0.15) is 0 Å². The molecule has 1 aliphatic heterocycles. The van der Waals surface area contributed by atoms with Crippen LogP contribution >= 0.6 is 11.6 Å². The van der Waals surface area contributed by atoms with Gasteiger partial charge in [0.25, 0.3) is 0 Å². The van der Waals surface area contributed by atoms with E-state index in [4.69, 9.17) is 16.1 Å². The van der Waals surface area contributed by atoms with Crippen LogP contribution in [0.2, 0.25) is 5.02 Å². The van der Waals surface area contributed by atoms with Crippen LogP contribution in [0.3, 0.4) is 0 Å². The monoisotopic (exact) mass is 420 g/mol. The van der Waals surface area contributed by atoms with Crippen LogP contribution in [-0.2, 0) is 7.05 Å². The SMILES string of the molecule is Cn1c(-c2ccncc2)nnc1N1CCCCC1c1cc(-c2cccc(Cl)c2)on1. The van der Waals surface area contributed by atoms with Crippen molar-refractivity contribution in [2.24, 2.45) is 7.05 Å². The van der Waals surface area contributed by atoms with E-state index >= 15 is 0 Å². The Labute approximate surface area is 179 Å². The first kappa shape index (κ1) is 18.8. The minimum atomic E-state index is 0.0867. The first-order valence-electron chi connectivity index (χ1n) is 10.00. The van der Waals surface area contributed by atoms with Crippen LogP contribution < -0.4 is 4.90 Å². The Hall–Kier alpha value is -3.19. The van der Waals surface area contributed by atoms with Crippen molar-refractivity contribution in [1.29, 1.82) is 0 Å². The minimum Gasteiger partial charge on any atom is -0.356 e. The fourth-order valence-electron chi connectivity index (χ4n) is 4.03. The molecule has 0 N–H and O–H groups in total. The van der Waals surface area contributed by atoms with Crippen LogP contribution in [-0.4, -0.2) is 31.4 Å². The van der Waals surface area contributed by atoms with Gasteiger partial charge in [0.1, 0.15) is 5.69 Å². The molecule has 4 heterocycles. The molecule has 5 rings (SSSR count). The molecule has 1 unspecified atom stereocenters. The van der Waals surface area contributed by atoms with Crippen molar-refractivity contribution < 1.29 is 4.52 Å². The number of hydrogen-bond donors (Lipinski definition) is 0. The Balaban J connectivity index is 1.47. The lowest BCUT2D eigenvalue weighted by Crippen LogP contribution is -2.35. The maximum atomic E-state index is 6.13. The zero-order valence-corrected chi connectivity index (χ0v) is 17.3. The smallest absolute Gasteiger partial charge is 0.227 e. The maximum Gasteiger partial charge on any atom is 0.227 e. The van der Waals surface area contributed by atoms with Gasteiger partial charge in [0.05, 0.1) is 6.04 Å². The number of benzene rings is 1. The molecule has 0 aliphatic carbocycles. The van der Waals surface area contributed by atoms with Gasteiger partial charge in [-0.05, 0) is 43.5 Å². The topological polar surface area (TPSA) is 72.9 Å². The molecule has 0 bridgehead atoms. The second-order valence-corrected chi connectivity index (χ2v) is 7.89. The van der Waals surface area contributed by atoms with Gasteiger partial charge in [-0.25, -0.2) is 0 Å². The van der Waals surface area contributed by atoms with Crippen LogP contribution in [0, 0.1) is 0 Å². The van der Waals surface area contributed by atoms with E-state index in [1.54, 1.807) is 12.4 Å². The van der Waals surface area contributed by atoms with E-state index in [1.807, 2.05) is 54.1 Å². The van der Waals surface area contributed by atoms with Gasteiger partial charge in [0.15, 0.2) is 11.6 Å². The second kappa shape index (κ2) is 7.91. The van der Waals surface area contributed by atoms with Crippen molar-refractivity contribution in [2.45, 2.75) is 25.3 Å². The number of aromatic nitrogens is 5. The molecule has 0 radical (unpaired) electrons. The highest BCUT2D eigenvalue weighted by molar-refractivity contribution is 6.30. The van der Waals surface area contributed by atoms with Crippen LogP contribution in [0.25, 0.3) is 22.7 Å². The molecule has 1 saturated heterocycles. The molecule has 30 heavy (non-hydrogen) atoms. The summed E-state index contributed by atoms with van der Waals surface area (Å²) in [7, 11) is 2.00. The zero-order valence-electron chi connectivity index (χ0n) is 16.6. The molecule has 1 aromatic carbocycles. The minimum absolute atomic E-state index is 0.0867. The number of piperidine rings is 1. The van der Waals surface area contributed by atoms with Crippen LogP contribution in [0.4, 0.5) is 5.95 Å². The zero-order chi connectivity index (χ0) is 20.5. The molecule has 7 nitrogen and oxygen atoms in total.